The maximum atomic E-state index is 11.8. The lowest BCUT2D eigenvalue weighted by atomic mass is 10.2. The Morgan fingerprint density at radius 3 is 2.72 bits per heavy atom. The summed E-state index contributed by atoms with van der Waals surface area (Å²) in [6.45, 7) is 2.53. The molecule has 1 aliphatic rings. The number of hydrogen-bond acceptors (Lipinski definition) is 3. The van der Waals surface area contributed by atoms with Gasteiger partial charge in [-0.3, -0.25) is 9.59 Å². The number of anilines is 1. The van der Waals surface area contributed by atoms with Crippen molar-refractivity contribution in [3.8, 4) is 5.75 Å². The van der Waals surface area contributed by atoms with Crippen molar-refractivity contribution in [3.05, 3.63) is 24.3 Å². The zero-order valence-electron chi connectivity index (χ0n) is 10.2. The Bertz CT molecular complexity index is 442. The first-order valence-electron chi connectivity index (χ1n) is 6.02. The standard InChI is InChI=1S/C13H16N2O3/c1-2-18-10-5-3-9(4-6-10)14-13(17)11-7-8-12(16)15-11/h3-6,11H,2,7-8H2,1H3,(H,14,17)(H,15,16). The molecular weight excluding hydrogens is 232 g/mol. The summed E-state index contributed by atoms with van der Waals surface area (Å²) in [7, 11) is 0. The van der Waals surface area contributed by atoms with E-state index in [1.165, 1.54) is 0 Å². The van der Waals surface area contributed by atoms with Gasteiger partial charge in [0.25, 0.3) is 0 Å². The quantitative estimate of drug-likeness (QED) is 0.844. The van der Waals surface area contributed by atoms with Gasteiger partial charge in [0.2, 0.25) is 11.8 Å². The van der Waals surface area contributed by atoms with Crippen molar-refractivity contribution in [2.24, 2.45) is 0 Å². The van der Waals surface area contributed by atoms with E-state index < -0.39 is 6.04 Å². The van der Waals surface area contributed by atoms with E-state index in [0.717, 1.165) is 5.75 Å². The van der Waals surface area contributed by atoms with Crippen molar-refractivity contribution in [1.82, 2.24) is 5.32 Å². The monoisotopic (exact) mass is 248 g/mol. The molecule has 2 N–H and O–H groups in total. The van der Waals surface area contributed by atoms with Gasteiger partial charge in [0, 0.05) is 12.1 Å². The van der Waals surface area contributed by atoms with Crippen LogP contribution in [0.3, 0.4) is 0 Å². The van der Waals surface area contributed by atoms with E-state index in [1.54, 1.807) is 24.3 Å². The van der Waals surface area contributed by atoms with Crippen LogP contribution in [0.2, 0.25) is 0 Å². The molecule has 1 heterocycles. The average molecular weight is 248 g/mol. The Morgan fingerprint density at radius 2 is 2.17 bits per heavy atom. The molecule has 0 bridgehead atoms. The SMILES string of the molecule is CCOc1ccc(NC(=O)C2CCC(=O)N2)cc1. The van der Waals surface area contributed by atoms with Crippen LogP contribution in [0.4, 0.5) is 5.69 Å². The molecule has 18 heavy (non-hydrogen) atoms. The molecule has 5 nitrogen and oxygen atoms in total. The van der Waals surface area contributed by atoms with Crippen molar-refractivity contribution < 1.29 is 14.3 Å². The molecule has 1 aromatic carbocycles. The Labute approximate surface area is 106 Å². The summed E-state index contributed by atoms with van der Waals surface area (Å²) in [4.78, 5) is 22.8. The second kappa shape index (κ2) is 5.53. The van der Waals surface area contributed by atoms with Crippen molar-refractivity contribution in [2.75, 3.05) is 11.9 Å². The van der Waals surface area contributed by atoms with Gasteiger partial charge in [0.15, 0.2) is 0 Å². The largest absolute Gasteiger partial charge is 0.494 e. The van der Waals surface area contributed by atoms with Gasteiger partial charge in [-0.05, 0) is 37.6 Å². The average Bonchev–Trinajstić information content (AvgIpc) is 2.79. The summed E-state index contributed by atoms with van der Waals surface area (Å²) >= 11 is 0. The van der Waals surface area contributed by atoms with Crippen molar-refractivity contribution in [1.29, 1.82) is 0 Å². The maximum absolute atomic E-state index is 11.8. The molecule has 2 amide bonds. The van der Waals surface area contributed by atoms with Crippen LogP contribution in [0.25, 0.3) is 0 Å². The third-order valence-corrected chi connectivity index (χ3v) is 2.74. The van der Waals surface area contributed by atoms with E-state index in [1.807, 2.05) is 6.92 Å². The number of benzene rings is 1. The molecule has 96 valence electrons. The van der Waals surface area contributed by atoms with Crippen LogP contribution in [0, 0.1) is 0 Å². The van der Waals surface area contributed by atoms with Gasteiger partial charge in [0.05, 0.1) is 6.61 Å². The highest BCUT2D eigenvalue weighted by Crippen LogP contribution is 2.16. The molecule has 0 saturated carbocycles. The summed E-state index contributed by atoms with van der Waals surface area (Å²) in [6, 6.07) is 6.74. The van der Waals surface area contributed by atoms with Crippen molar-refractivity contribution in [3.63, 3.8) is 0 Å². The topological polar surface area (TPSA) is 67.4 Å². The number of amides is 2. The van der Waals surface area contributed by atoms with Crippen molar-refractivity contribution >= 4 is 17.5 Å². The van der Waals surface area contributed by atoms with Crippen molar-refractivity contribution in [2.45, 2.75) is 25.8 Å². The molecule has 1 atom stereocenters. The number of nitrogens with one attached hydrogen (secondary N) is 2. The van der Waals surface area contributed by atoms with Crippen LogP contribution in [0.5, 0.6) is 5.75 Å². The number of hydrogen-bond donors (Lipinski definition) is 2. The number of rotatable bonds is 4. The van der Waals surface area contributed by atoms with Crippen LogP contribution in [0.15, 0.2) is 24.3 Å². The summed E-state index contributed by atoms with van der Waals surface area (Å²) in [5.41, 5.74) is 0.699. The van der Waals surface area contributed by atoms with E-state index in [2.05, 4.69) is 10.6 Å². The van der Waals surface area contributed by atoms with Gasteiger partial charge in [0.1, 0.15) is 11.8 Å². The number of carbonyl (C=O) groups excluding carboxylic acids is 2. The summed E-state index contributed by atoms with van der Waals surface area (Å²) in [5, 5.41) is 5.39. The Hall–Kier alpha value is -2.04. The lowest BCUT2D eigenvalue weighted by Gasteiger charge is -2.11. The highest BCUT2D eigenvalue weighted by molar-refractivity contribution is 5.98. The molecule has 1 aromatic rings. The Balaban J connectivity index is 1.92. The van der Waals surface area contributed by atoms with Gasteiger partial charge in [-0.1, -0.05) is 0 Å². The minimum atomic E-state index is -0.413. The third-order valence-electron chi connectivity index (χ3n) is 2.74. The van der Waals surface area contributed by atoms with Crippen LogP contribution < -0.4 is 15.4 Å². The normalized spacial score (nSPS) is 18.3. The highest BCUT2D eigenvalue weighted by Gasteiger charge is 2.26. The minimum Gasteiger partial charge on any atom is -0.494 e. The smallest absolute Gasteiger partial charge is 0.246 e. The van der Waals surface area contributed by atoms with Gasteiger partial charge in [-0.25, -0.2) is 0 Å². The van der Waals surface area contributed by atoms with E-state index in [9.17, 15) is 9.59 Å². The fourth-order valence-electron chi connectivity index (χ4n) is 1.84. The van der Waals surface area contributed by atoms with Gasteiger partial charge < -0.3 is 15.4 Å². The predicted octanol–water partition coefficient (Wildman–Crippen LogP) is 1.30. The van der Waals surface area contributed by atoms with Crippen LogP contribution >= 0.6 is 0 Å². The summed E-state index contributed by atoms with van der Waals surface area (Å²) < 4.78 is 5.31. The molecule has 2 rings (SSSR count). The molecule has 5 heteroatoms. The molecule has 0 radical (unpaired) electrons. The van der Waals surface area contributed by atoms with Gasteiger partial charge in [-0.2, -0.15) is 0 Å². The Kier molecular flexibility index (Phi) is 3.82. The van der Waals surface area contributed by atoms with Crippen LogP contribution in [-0.2, 0) is 9.59 Å². The van der Waals surface area contributed by atoms with E-state index >= 15 is 0 Å². The molecule has 0 spiro atoms. The van der Waals surface area contributed by atoms with E-state index in [4.69, 9.17) is 4.74 Å². The zero-order chi connectivity index (χ0) is 13.0. The third kappa shape index (κ3) is 3.00. The molecule has 0 aromatic heterocycles. The van der Waals surface area contributed by atoms with Crippen LogP contribution in [0.1, 0.15) is 19.8 Å². The zero-order valence-corrected chi connectivity index (χ0v) is 10.2. The van der Waals surface area contributed by atoms with E-state index in [0.29, 0.717) is 25.1 Å². The first-order valence-corrected chi connectivity index (χ1v) is 6.02. The summed E-state index contributed by atoms with van der Waals surface area (Å²) in [6.07, 6.45) is 0.975. The van der Waals surface area contributed by atoms with Gasteiger partial charge in [-0.15, -0.1) is 0 Å². The first kappa shape index (κ1) is 12.4. The highest BCUT2D eigenvalue weighted by atomic mass is 16.5. The summed E-state index contributed by atoms with van der Waals surface area (Å²) in [5.74, 6) is 0.525. The predicted molar refractivity (Wildman–Crippen MR) is 67.4 cm³/mol. The molecular formula is C13H16N2O3. The molecule has 1 saturated heterocycles. The molecule has 1 fully saturated rings. The minimum absolute atomic E-state index is 0.0677. The van der Waals surface area contributed by atoms with Crippen LogP contribution in [-0.4, -0.2) is 24.5 Å². The molecule has 1 unspecified atom stereocenters. The number of ether oxygens (including phenoxy) is 1. The Morgan fingerprint density at radius 1 is 1.44 bits per heavy atom. The molecule has 0 aliphatic carbocycles. The lowest BCUT2D eigenvalue weighted by Crippen LogP contribution is -2.37. The second-order valence-electron chi connectivity index (χ2n) is 4.11. The lowest BCUT2D eigenvalue weighted by molar-refractivity contribution is -0.122. The second-order valence-corrected chi connectivity index (χ2v) is 4.11. The van der Waals surface area contributed by atoms with E-state index in [-0.39, 0.29) is 11.8 Å². The maximum Gasteiger partial charge on any atom is 0.246 e. The number of carbonyl (C=O) groups is 2. The fraction of sp³-hybridized carbons (Fsp3) is 0.385. The first-order chi connectivity index (χ1) is 8.69. The molecule has 1 aliphatic heterocycles. The van der Waals surface area contributed by atoms with Gasteiger partial charge >= 0.3 is 0 Å². The fourth-order valence-corrected chi connectivity index (χ4v) is 1.84.